The molecule has 2 aromatic rings. The Morgan fingerprint density at radius 3 is 2.53 bits per heavy atom. The van der Waals surface area contributed by atoms with Crippen LogP contribution in [-0.2, 0) is 9.53 Å². The number of benzene rings is 2. The third-order valence-electron chi connectivity index (χ3n) is 4.48. The third kappa shape index (κ3) is 6.35. The van der Waals surface area contributed by atoms with Crippen molar-refractivity contribution in [3.63, 3.8) is 0 Å². The summed E-state index contributed by atoms with van der Waals surface area (Å²) in [5.41, 5.74) is 2.89. The first kappa shape index (κ1) is 21.4. The van der Waals surface area contributed by atoms with Gasteiger partial charge in [-0.3, -0.25) is 9.59 Å². The lowest BCUT2D eigenvalue weighted by atomic mass is 10.1. The van der Waals surface area contributed by atoms with Crippen LogP contribution in [0, 0.1) is 0 Å². The van der Waals surface area contributed by atoms with Crippen LogP contribution in [0.2, 0.25) is 0 Å². The third-order valence-corrected chi connectivity index (χ3v) is 4.48. The minimum Gasteiger partial charge on any atom is -0.489 e. The van der Waals surface area contributed by atoms with Gasteiger partial charge in [-0.25, -0.2) is 0 Å². The fourth-order valence-corrected chi connectivity index (χ4v) is 2.94. The van der Waals surface area contributed by atoms with E-state index in [0.717, 1.165) is 17.0 Å². The standard InChI is InChI=1S/C23H27N3O4/c1-17(2)16-30-21-8-6-19(7-9-21)24-15-22(27)25-20-5-3-4-18(14-20)23(28)26-10-12-29-13-11-26/h3-9,14,24H,1,10-13,15-16H2,2H3,(H,25,27). The molecule has 0 atom stereocenters. The van der Waals surface area contributed by atoms with Gasteiger partial charge in [-0.1, -0.05) is 12.6 Å². The number of ether oxygens (including phenoxy) is 2. The van der Waals surface area contributed by atoms with Gasteiger partial charge in [0.15, 0.2) is 0 Å². The van der Waals surface area contributed by atoms with Gasteiger partial charge < -0.3 is 25.0 Å². The Bertz CT molecular complexity index is 890. The van der Waals surface area contributed by atoms with E-state index in [1.54, 1.807) is 29.2 Å². The monoisotopic (exact) mass is 409 g/mol. The molecule has 1 fully saturated rings. The highest BCUT2D eigenvalue weighted by atomic mass is 16.5. The van der Waals surface area contributed by atoms with Crippen molar-refractivity contribution in [2.75, 3.05) is 50.1 Å². The quantitative estimate of drug-likeness (QED) is 0.655. The molecule has 7 nitrogen and oxygen atoms in total. The lowest BCUT2D eigenvalue weighted by Crippen LogP contribution is -2.40. The van der Waals surface area contributed by atoms with Crippen molar-refractivity contribution in [3.8, 4) is 5.75 Å². The second-order valence-corrected chi connectivity index (χ2v) is 7.16. The zero-order chi connectivity index (χ0) is 21.3. The molecular weight excluding hydrogens is 382 g/mol. The highest BCUT2D eigenvalue weighted by Crippen LogP contribution is 2.17. The summed E-state index contributed by atoms with van der Waals surface area (Å²) in [5.74, 6) is 0.491. The van der Waals surface area contributed by atoms with Gasteiger partial charge in [-0.05, 0) is 55.0 Å². The van der Waals surface area contributed by atoms with E-state index < -0.39 is 0 Å². The minimum absolute atomic E-state index is 0.0542. The molecule has 0 radical (unpaired) electrons. The zero-order valence-electron chi connectivity index (χ0n) is 17.1. The van der Waals surface area contributed by atoms with E-state index in [1.807, 2.05) is 31.2 Å². The predicted octanol–water partition coefficient (Wildman–Crippen LogP) is 3.16. The van der Waals surface area contributed by atoms with Crippen LogP contribution in [0.25, 0.3) is 0 Å². The van der Waals surface area contributed by atoms with Gasteiger partial charge in [0, 0.05) is 30.0 Å². The Kier molecular flexibility index (Phi) is 7.45. The first-order valence-corrected chi connectivity index (χ1v) is 9.89. The van der Waals surface area contributed by atoms with Crippen molar-refractivity contribution in [3.05, 3.63) is 66.2 Å². The molecule has 158 valence electrons. The number of hydrogen-bond donors (Lipinski definition) is 2. The molecule has 7 heteroatoms. The van der Waals surface area contributed by atoms with Crippen molar-refractivity contribution in [1.29, 1.82) is 0 Å². The van der Waals surface area contributed by atoms with E-state index in [9.17, 15) is 9.59 Å². The number of anilines is 2. The highest BCUT2D eigenvalue weighted by molar-refractivity contribution is 5.98. The molecule has 3 rings (SSSR count). The fraction of sp³-hybridized carbons (Fsp3) is 0.304. The maximum atomic E-state index is 12.6. The number of hydrogen-bond acceptors (Lipinski definition) is 5. The molecule has 0 saturated carbocycles. The molecule has 0 spiro atoms. The summed E-state index contributed by atoms with van der Waals surface area (Å²) in [4.78, 5) is 26.6. The summed E-state index contributed by atoms with van der Waals surface area (Å²) in [6.07, 6.45) is 0. The Morgan fingerprint density at radius 2 is 1.83 bits per heavy atom. The van der Waals surface area contributed by atoms with E-state index in [4.69, 9.17) is 9.47 Å². The molecule has 1 aliphatic heterocycles. The molecule has 0 aliphatic carbocycles. The van der Waals surface area contributed by atoms with Gasteiger partial charge in [0.05, 0.1) is 19.8 Å². The summed E-state index contributed by atoms with van der Waals surface area (Å²) >= 11 is 0. The van der Waals surface area contributed by atoms with Crippen LogP contribution in [0.1, 0.15) is 17.3 Å². The molecule has 2 amide bonds. The molecule has 0 bridgehead atoms. The summed E-state index contributed by atoms with van der Waals surface area (Å²) < 4.78 is 10.8. The second-order valence-electron chi connectivity index (χ2n) is 7.16. The molecule has 0 unspecified atom stereocenters. The molecule has 1 heterocycles. The van der Waals surface area contributed by atoms with Crippen molar-refractivity contribution in [2.45, 2.75) is 6.92 Å². The molecule has 1 aliphatic rings. The van der Waals surface area contributed by atoms with Crippen LogP contribution in [0.5, 0.6) is 5.75 Å². The average Bonchev–Trinajstić information content (AvgIpc) is 2.77. The Labute approximate surface area is 176 Å². The number of carbonyl (C=O) groups is 2. The largest absolute Gasteiger partial charge is 0.489 e. The predicted molar refractivity (Wildman–Crippen MR) is 117 cm³/mol. The lowest BCUT2D eigenvalue weighted by Gasteiger charge is -2.27. The van der Waals surface area contributed by atoms with Gasteiger partial charge >= 0.3 is 0 Å². The van der Waals surface area contributed by atoms with Gasteiger partial charge in [0.2, 0.25) is 5.91 Å². The number of carbonyl (C=O) groups excluding carboxylic acids is 2. The average molecular weight is 409 g/mol. The zero-order valence-corrected chi connectivity index (χ0v) is 17.1. The van der Waals surface area contributed by atoms with Crippen molar-refractivity contribution >= 4 is 23.2 Å². The maximum Gasteiger partial charge on any atom is 0.254 e. The molecule has 30 heavy (non-hydrogen) atoms. The van der Waals surface area contributed by atoms with Crippen LogP contribution < -0.4 is 15.4 Å². The van der Waals surface area contributed by atoms with Gasteiger partial charge in [0.25, 0.3) is 5.91 Å². The van der Waals surface area contributed by atoms with Gasteiger partial charge in [-0.15, -0.1) is 0 Å². The summed E-state index contributed by atoms with van der Waals surface area (Å²) in [6, 6.07) is 14.4. The van der Waals surface area contributed by atoms with Gasteiger partial charge in [0.1, 0.15) is 12.4 Å². The van der Waals surface area contributed by atoms with Gasteiger partial charge in [-0.2, -0.15) is 0 Å². The number of nitrogens with zero attached hydrogens (tertiary/aromatic N) is 1. The van der Waals surface area contributed by atoms with E-state index in [1.165, 1.54) is 0 Å². The second kappa shape index (κ2) is 10.5. The first-order valence-electron chi connectivity index (χ1n) is 9.89. The topological polar surface area (TPSA) is 79.9 Å². The van der Waals surface area contributed by atoms with Crippen LogP contribution >= 0.6 is 0 Å². The van der Waals surface area contributed by atoms with Crippen LogP contribution in [-0.4, -0.2) is 56.2 Å². The molecule has 1 saturated heterocycles. The normalized spacial score (nSPS) is 13.4. The van der Waals surface area contributed by atoms with E-state index in [-0.39, 0.29) is 18.4 Å². The Hall–Kier alpha value is -3.32. The molecule has 0 aromatic heterocycles. The Balaban J connectivity index is 1.50. The van der Waals surface area contributed by atoms with E-state index >= 15 is 0 Å². The van der Waals surface area contributed by atoms with Crippen LogP contribution in [0.4, 0.5) is 11.4 Å². The molecular formula is C23H27N3O4. The SMILES string of the molecule is C=C(C)COc1ccc(NCC(=O)Nc2cccc(C(=O)N3CCOCC3)c2)cc1. The summed E-state index contributed by atoms with van der Waals surface area (Å²) in [7, 11) is 0. The molecule has 2 aromatic carbocycles. The fourth-order valence-electron chi connectivity index (χ4n) is 2.94. The maximum absolute atomic E-state index is 12.6. The highest BCUT2D eigenvalue weighted by Gasteiger charge is 2.18. The Morgan fingerprint density at radius 1 is 1.10 bits per heavy atom. The number of amides is 2. The van der Waals surface area contributed by atoms with Crippen molar-refractivity contribution < 1.29 is 19.1 Å². The molecule has 2 N–H and O–H groups in total. The van der Waals surface area contributed by atoms with E-state index in [0.29, 0.717) is 44.2 Å². The van der Waals surface area contributed by atoms with E-state index in [2.05, 4.69) is 17.2 Å². The summed E-state index contributed by atoms with van der Waals surface area (Å²) in [6.45, 7) is 8.55. The number of rotatable bonds is 8. The lowest BCUT2D eigenvalue weighted by molar-refractivity contribution is -0.114. The van der Waals surface area contributed by atoms with Crippen LogP contribution in [0.15, 0.2) is 60.7 Å². The van der Waals surface area contributed by atoms with Crippen LogP contribution in [0.3, 0.4) is 0 Å². The van der Waals surface area contributed by atoms with Crippen molar-refractivity contribution in [2.24, 2.45) is 0 Å². The van der Waals surface area contributed by atoms with Crippen molar-refractivity contribution in [1.82, 2.24) is 4.90 Å². The number of morpholine rings is 1. The number of nitrogens with one attached hydrogen (secondary N) is 2. The summed E-state index contributed by atoms with van der Waals surface area (Å²) in [5, 5.41) is 5.89. The smallest absolute Gasteiger partial charge is 0.254 e. The first-order chi connectivity index (χ1) is 14.5. The minimum atomic E-state index is -0.200.